The number of rotatable bonds is 4. The molecule has 0 atom stereocenters. The van der Waals surface area contributed by atoms with Gasteiger partial charge in [-0.3, -0.25) is 9.69 Å². The summed E-state index contributed by atoms with van der Waals surface area (Å²) in [5.41, 5.74) is 0. The van der Waals surface area contributed by atoms with E-state index in [1.54, 1.807) is 23.3 Å². The molecule has 0 bridgehead atoms. The Morgan fingerprint density at radius 1 is 1.59 bits per heavy atom. The zero-order valence-corrected chi connectivity index (χ0v) is 11.1. The van der Waals surface area contributed by atoms with Gasteiger partial charge in [0, 0.05) is 12.6 Å². The molecule has 17 heavy (non-hydrogen) atoms. The van der Waals surface area contributed by atoms with Crippen LogP contribution in [0.3, 0.4) is 0 Å². The van der Waals surface area contributed by atoms with Gasteiger partial charge < -0.3 is 4.42 Å². The van der Waals surface area contributed by atoms with E-state index in [-0.39, 0.29) is 5.91 Å². The number of thioether (sulfide) groups is 1. The molecule has 0 N–H and O–H groups in total. The average Bonchev–Trinajstić information content (AvgIpc) is 2.89. The lowest BCUT2D eigenvalue weighted by Gasteiger charge is -2.12. The molecule has 2 rings (SSSR count). The minimum Gasteiger partial charge on any atom is -0.465 e. The lowest BCUT2D eigenvalue weighted by Crippen LogP contribution is -2.28. The summed E-state index contributed by atoms with van der Waals surface area (Å²) in [5.74, 6) is 0.672. The standard InChI is InChI=1S/C12H13NO2S2/c1-2-3-6-13-11(14)10(17-12(13)16)8-9-5-4-7-15-9/h4-5,7-8H,2-3,6H2,1H3/b10-8+. The minimum atomic E-state index is -0.00940. The van der Waals surface area contributed by atoms with Gasteiger partial charge in [-0.2, -0.15) is 0 Å². The van der Waals surface area contributed by atoms with Crippen LogP contribution in [-0.4, -0.2) is 21.7 Å². The molecule has 2 heterocycles. The molecule has 1 aliphatic rings. The molecule has 1 aromatic rings. The number of furan rings is 1. The molecule has 1 saturated heterocycles. The number of carbonyl (C=O) groups is 1. The normalized spacial score (nSPS) is 18.4. The summed E-state index contributed by atoms with van der Waals surface area (Å²) in [6, 6.07) is 3.61. The van der Waals surface area contributed by atoms with Crippen molar-refractivity contribution in [2.24, 2.45) is 0 Å². The highest BCUT2D eigenvalue weighted by Crippen LogP contribution is 2.32. The molecule has 3 nitrogen and oxygen atoms in total. The molecule has 1 aliphatic heterocycles. The quantitative estimate of drug-likeness (QED) is 0.619. The monoisotopic (exact) mass is 267 g/mol. The molecule has 0 saturated carbocycles. The number of carbonyl (C=O) groups excluding carboxylic acids is 1. The van der Waals surface area contributed by atoms with Gasteiger partial charge in [-0.15, -0.1) is 0 Å². The fourth-order valence-corrected chi connectivity index (χ4v) is 2.80. The summed E-state index contributed by atoms with van der Waals surface area (Å²) >= 11 is 6.54. The van der Waals surface area contributed by atoms with Crippen molar-refractivity contribution in [2.45, 2.75) is 19.8 Å². The summed E-state index contributed by atoms with van der Waals surface area (Å²) in [6.45, 7) is 2.80. The molecule has 0 unspecified atom stereocenters. The molecule has 1 aromatic heterocycles. The van der Waals surface area contributed by atoms with Crippen molar-refractivity contribution in [1.29, 1.82) is 0 Å². The van der Waals surface area contributed by atoms with Crippen molar-refractivity contribution in [3.8, 4) is 0 Å². The van der Waals surface area contributed by atoms with E-state index in [0.29, 0.717) is 21.5 Å². The van der Waals surface area contributed by atoms with Crippen LogP contribution in [0.2, 0.25) is 0 Å². The molecule has 5 heteroatoms. The van der Waals surface area contributed by atoms with E-state index in [0.717, 1.165) is 12.8 Å². The van der Waals surface area contributed by atoms with Crippen LogP contribution in [0.1, 0.15) is 25.5 Å². The first-order valence-corrected chi connectivity index (χ1v) is 6.73. The number of hydrogen-bond acceptors (Lipinski definition) is 4. The second kappa shape index (κ2) is 5.51. The Bertz CT molecular complexity index is 451. The molecular formula is C12H13NO2S2. The van der Waals surface area contributed by atoms with Crippen molar-refractivity contribution in [2.75, 3.05) is 6.54 Å². The fourth-order valence-electron chi connectivity index (χ4n) is 1.51. The first-order chi connectivity index (χ1) is 8.22. The van der Waals surface area contributed by atoms with E-state index in [9.17, 15) is 4.79 Å². The van der Waals surface area contributed by atoms with Gasteiger partial charge in [0.25, 0.3) is 5.91 Å². The van der Waals surface area contributed by atoms with Gasteiger partial charge >= 0.3 is 0 Å². The SMILES string of the molecule is CCCCN1C(=O)/C(=C\c2ccco2)SC1=S. The highest BCUT2D eigenvalue weighted by atomic mass is 32.2. The lowest BCUT2D eigenvalue weighted by atomic mass is 10.3. The third-order valence-electron chi connectivity index (χ3n) is 2.43. The zero-order valence-electron chi connectivity index (χ0n) is 9.51. The first-order valence-electron chi connectivity index (χ1n) is 5.51. The predicted octanol–water partition coefficient (Wildman–Crippen LogP) is 3.28. The van der Waals surface area contributed by atoms with Crippen LogP contribution in [0, 0.1) is 0 Å². The van der Waals surface area contributed by atoms with Gasteiger partial charge in [0.2, 0.25) is 0 Å². The maximum atomic E-state index is 12.1. The van der Waals surface area contributed by atoms with E-state index in [1.165, 1.54) is 11.8 Å². The van der Waals surface area contributed by atoms with Crippen molar-refractivity contribution < 1.29 is 9.21 Å². The summed E-state index contributed by atoms with van der Waals surface area (Å²) < 4.78 is 5.83. The molecule has 90 valence electrons. The average molecular weight is 267 g/mol. The van der Waals surface area contributed by atoms with Gasteiger partial charge in [-0.1, -0.05) is 37.3 Å². The first kappa shape index (κ1) is 12.4. The molecule has 0 radical (unpaired) electrons. The van der Waals surface area contributed by atoms with Gasteiger partial charge in [-0.25, -0.2) is 0 Å². The Balaban J connectivity index is 2.13. The number of unbranched alkanes of at least 4 members (excludes halogenated alkanes) is 1. The summed E-state index contributed by atoms with van der Waals surface area (Å²) in [6.07, 6.45) is 5.35. The summed E-state index contributed by atoms with van der Waals surface area (Å²) in [7, 11) is 0. The maximum Gasteiger partial charge on any atom is 0.266 e. The number of thiocarbonyl (C=S) groups is 1. The predicted molar refractivity (Wildman–Crippen MR) is 73.5 cm³/mol. The number of hydrogen-bond donors (Lipinski definition) is 0. The second-order valence-corrected chi connectivity index (χ2v) is 5.38. The van der Waals surface area contributed by atoms with Crippen LogP contribution < -0.4 is 0 Å². The van der Waals surface area contributed by atoms with Gasteiger partial charge in [0.05, 0.1) is 11.2 Å². The van der Waals surface area contributed by atoms with Gasteiger partial charge in [-0.05, 0) is 18.6 Å². The van der Waals surface area contributed by atoms with Crippen LogP contribution in [0.25, 0.3) is 6.08 Å². The Hall–Kier alpha value is -1.07. The molecule has 0 aliphatic carbocycles. The Labute approximate surface area is 110 Å². The third kappa shape index (κ3) is 2.79. The molecule has 1 amide bonds. The van der Waals surface area contributed by atoms with E-state index in [2.05, 4.69) is 6.92 Å². The topological polar surface area (TPSA) is 33.5 Å². The van der Waals surface area contributed by atoms with E-state index >= 15 is 0 Å². The van der Waals surface area contributed by atoms with Gasteiger partial charge in [0.1, 0.15) is 10.1 Å². The lowest BCUT2D eigenvalue weighted by molar-refractivity contribution is -0.122. The third-order valence-corrected chi connectivity index (χ3v) is 3.80. The largest absolute Gasteiger partial charge is 0.465 e. The smallest absolute Gasteiger partial charge is 0.266 e. The van der Waals surface area contributed by atoms with Crippen molar-refractivity contribution in [1.82, 2.24) is 4.90 Å². The van der Waals surface area contributed by atoms with E-state index in [1.807, 2.05) is 6.07 Å². The van der Waals surface area contributed by atoms with Crippen LogP contribution in [-0.2, 0) is 4.79 Å². The highest BCUT2D eigenvalue weighted by molar-refractivity contribution is 8.26. The summed E-state index contributed by atoms with van der Waals surface area (Å²) in [5, 5.41) is 0. The molecule has 0 spiro atoms. The second-order valence-electron chi connectivity index (χ2n) is 3.70. The maximum absolute atomic E-state index is 12.1. The summed E-state index contributed by atoms with van der Waals surface area (Å²) in [4.78, 5) is 14.4. The Morgan fingerprint density at radius 3 is 3.06 bits per heavy atom. The number of amides is 1. The van der Waals surface area contributed by atoms with Crippen molar-refractivity contribution in [3.05, 3.63) is 29.1 Å². The Kier molecular flexibility index (Phi) is 4.02. The highest BCUT2D eigenvalue weighted by Gasteiger charge is 2.31. The minimum absolute atomic E-state index is 0.00940. The fraction of sp³-hybridized carbons (Fsp3) is 0.333. The zero-order chi connectivity index (χ0) is 12.3. The van der Waals surface area contributed by atoms with Crippen LogP contribution in [0.4, 0.5) is 0 Å². The van der Waals surface area contributed by atoms with Crippen LogP contribution >= 0.6 is 24.0 Å². The van der Waals surface area contributed by atoms with E-state index in [4.69, 9.17) is 16.6 Å². The molecule has 0 aromatic carbocycles. The van der Waals surface area contributed by atoms with E-state index < -0.39 is 0 Å². The van der Waals surface area contributed by atoms with Gasteiger partial charge in [0.15, 0.2) is 0 Å². The Morgan fingerprint density at radius 2 is 2.41 bits per heavy atom. The number of nitrogens with zero attached hydrogens (tertiary/aromatic N) is 1. The van der Waals surface area contributed by atoms with Crippen molar-refractivity contribution in [3.63, 3.8) is 0 Å². The van der Waals surface area contributed by atoms with Crippen LogP contribution in [0.5, 0.6) is 0 Å². The van der Waals surface area contributed by atoms with Crippen molar-refractivity contribution >= 4 is 40.3 Å². The van der Waals surface area contributed by atoms with Crippen LogP contribution in [0.15, 0.2) is 27.7 Å². The molecule has 1 fully saturated rings. The molecular weight excluding hydrogens is 254 g/mol.